The first-order valence-corrected chi connectivity index (χ1v) is 6.93. The summed E-state index contributed by atoms with van der Waals surface area (Å²) in [5, 5.41) is 22.7. The van der Waals surface area contributed by atoms with Gasteiger partial charge in [-0.1, -0.05) is 18.2 Å². The quantitative estimate of drug-likeness (QED) is 0.787. The molecule has 0 aliphatic rings. The fourth-order valence-corrected chi connectivity index (χ4v) is 2.37. The Kier molecular flexibility index (Phi) is 4.70. The molecule has 112 valence electrons. The molecule has 21 heavy (non-hydrogen) atoms. The Labute approximate surface area is 125 Å². The normalized spacial score (nSPS) is 13.7. The number of hydrogen-bond acceptors (Lipinski definition) is 4. The zero-order chi connectivity index (χ0) is 15.4. The van der Waals surface area contributed by atoms with Gasteiger partial charge in [-0.25, -0.2) is 0 Å². The molecule has 0 fully saturated rings. The minimum Gasteiger partial charge on any atom is -0.508 e. The smallest absolute Gasteiger partial charge is 0.124 e. The fourth-order valence-electron chi connectivity index (χ4n) is 2.37. The third kappa shape index (κ3) is 3.67. The first-order chi connectivity index (χ1) is 10.0. The molecular formula is C17H21NO3. The van der Waals surface area contributed by atoms with Crippen LogP contribution in [0, 0.1) is 0 Å². The first-order valence-electron chi connectivity index (χ1n) is 6.93. The molecule has 2 aromatic carbocycles. The molecule has 0 aliphatic carbocycles. The summed E-state index contributed by atoms with van der Waals surface area (Å²) in [5.41, 5.74) is 1.86. The molecule has 3 N–H and O–H groups in total. The third-order valence-electron chi connectivity index (χ3n) is 3.57. The lowest BCUT2D eigenvalue weighted by molar-refractivity contribution is 0.411. The maximum absolute atomic E-state index is 9.91. The monoisotopic (exact) mass is 287 g/mol. The Bertz CT molecular complexity index is 613. The molecule has 4 heteroatoms. The molecule has 4 nitrogen and oxygen atoms in total. The molecule has 0 radical (unpaired) electrons. The third-order valence-corrected chi connectivity index (χ3v) is 3.57. The van der Waals surface area contributed by atoms with Crippen molar-refractivity contribution in [2.45, 2.75) is 25.9 Å². The molecule has 0 spiro atoms. The predicted octanol–water partition coefficient (Wildman–Crippen LogP) is 3.52. The van der Waals surface area contributed by atoms with Gasteiger partial charge in [0.05, 0.1) is 7.11 Å². The number of aromatic hydroxyl groups is 2. The first kappa shape index (κ1) is 15.2. The Morgan fingerprint density at radius 3 is 2.43 bits per heavy atom. The highest BCUT2D eigenvalue weighted by Gasteiger charge is 2.15. The number of methoxy groups -OCH3 is 1. The Balaban J connectivity index is 2.12. The number of benzene rings is 2. The number of rotatable bonds is 5. The van der Waals surface area contributed by atoms with Crippen LogP contribution in [0.15, 0.2) is 42.5 Å². The average Bonchev–Trinajstić information content (AvgIpc) is 2.47. The SMILES string of the molecule is COc1cccc([C@@H](C)NC(C)c2ccc(O)cc2O)c1. The van der Waals surface area contributed by atoms with E-state index >= 15 is 0 Å². The summed E-state index contributed by atoms with van der Waals surface area (Å²) in [6, 6.07) is 12.6. The zero-order valence-electron chi connectivity index (χ0n) is 12.5. The van der Waals surface area contributed by atoms with Gasteiger partial charge in [-0.3, -0.25) is 0 Å². The van der Waals surface area contributed by atoms with Crippen molar-refractivity contribution in [3.05, 3.63) is 53.6 Å². The number of ether oxygens (including phenoxy) is 1. The van der Waals surface area contributed by atoms with Crippen molar-refractivity contribution in [1.82, 2.24) is 5.32 Å². The van der Waals surface area contributed by atoms with E-state index in [4.69, 9.17) is 4.74 Å². The van der Waals surface area contributed by atoms with Crippen LogP contribution in [0.1, 0.15) is 37.1 Å². The molecule has 0 saturated carbocycles. The van der Waals surface area contributed by atoms with Crippen molar-refractivity contribution in [2.24, 2.45) is 0 Å². The number of phenols is 2. The molecule has 0 bridgehead atoms. The van der Waals surface area contributed by atoms with E-state index in [0.29, 0.717) is 0 Å². The highest BCUT2D eigenvalue weighted by atomic mass is 16.5. The number of phenolic OH excluding ortho intramolecular Hbond substituents is 2. The van der Waals surface area contributed by atoms with Gasteiger partial charge in [-0.2, -0.15) is 0 Å². The van der Waals surface area contributed by atoms with Crippen LogP contribution in [0.3, 0.4) is 0 Å². The summed E-state index contributed by atoms with van der Waals surface area (Å²) in [6.45, 7) is 4.03. The molecule has 2 rings (SSSR count). The lowest BCUT2D eigenvalue weighted by Crippen LogP contribution is -2.22. The lowest BCUT2D eigenvalue weighted by Gasteiger charge is -2.22. The Morgan fingerprint density at radius 1 is 1.00 bits per heavy atom. The van der Waals surface area contributed by atoms with Gasteiger partial charge >= 0.3 is 0 Å². The van der Waals surface area contributed by atoms with Gasteiger partial charge in [0.25, 0.3) is 0 Å². The second-order valence-electron chi connectivity index (χ2n) is 5.13. The van der Waals surface area contributed by atoms with E-state index in [1.165, 1.54) is 6.07 Å². The largest absolute Gasteiger partial charge is 0.508 e. The lowest BCUT2D eigenvalue weighted by atomic mass is 10.0. The van der Waals surface area contributed by atoms with E-state index in [2.05, 4.69) is 12.2 Å². The summed E-state index contributed by atoms with van der Waals surface area (Å²) < 4.78 is 5.23. The van der Waals surface area contributed by atoms with Gasteiger partial charge in [-0.05, 0) is 37.6 Å². The molecule has 2 aromatic rings. The van der Waals surface area contributed by atoms with Crippen LogP contribution in [0.2, 0.25) is 0 Å². The van der Waals surface area contributed by atoms with Crippen LogP contribution >= 0.6 is 0 Å². The van der Waals surface area contributed by atoms with E-state index in [0.717, 1.165) is 16.9 Å². The highest BCUT2D eigenvalue weighted by Crippen LogP contribution is 2.29. The molecule has 0 heterocycles. The number of nitrogens with one attached hydrogen (secondary N) is 1. The molecule has 0 saturated heterocycles. The summed E-state index contributed by atoms with van der Waals surface area (Å²) >= 11 is 0. The van der Waals surface area contributed by atoms with Gasteiger partial charge in [0, 0.05) is 23.7 Å². The van der Waals surface area contributed by atoms with Gasteiger partial charge in [0.2, 0.25) is 0 Å². The summed E-state index contributed by atoms with van der Waals surface area (Å²) in [7, 11) is 1.65. The summed E-state index contributed by atoms with van der Waals surface area (Å²) in [5.74, 6) is 0.971. The van der Waals surface area contributed by atoms with Crippen molar-refractivity contribution in [1.29, 1.82) is 0 Å². The van der Waals surface area contributed by atoms with Crippen molar-refractivity contribution in [3.8, 4) is 17.2 Å². The second-order valence-corrected chi connectivity index (χ2v) is 5.13. The van der Waals surface area contributed by atoms with Crippen molar-refractivity contribution in [3.63, 3.8) is 0 Å². The van der Waals surface area contributed by atoms with E-state index < -0.39 is 0 Å². The summed E-state index contributed by atoms with van der Waals surface area (Å²) in [6.07, 6.45) is 0. The predicted molar refractivity (Wildman–Crippen MR) is 82.7 cm³/mol. The molecule has 1 unspecified atom stereocenters. The van der Waals surface area contributed by atoms with Crippen LogP contribution in [0.4, 0.5) is 0 Å². The molecule has 0 amide bonds. The molecule has 0 aliphatic heterocycles. The second kappa shape index (κ2) is 6.50. The van der Waals surface area contributed by atoms with E-state index in [1.54, 1.807) is 19.2 Å². The van der Waals surface area contributed by atoms with Gasteiger partial charge < -0.3 is 20.3 Å². The Hall–Kier alpha value is -2.20. The fraction of sp³-hybridized carbons (Fsp3) is 0.294. The molecule has 2 atom stereocenters. The molecular weight excluding hydrogens is 266 g/mol. The van der Waals surface area contributed by atoms with Crippen LogP contribution in [-0.4, -0.2) is 17.3 Å². The maximum atomic E-state index is 9.91. The minimum absolute atomic E-state index is 0.0493. The zero-order valence-corrected chi connectivity index (χ0v) is 12.5. The van der Waals surface area contributed by atoms with Gasteiger partial charge in [-0.15, -0.1) is 0 Å². The Morgan fingerprint density at radius 2 is 1.76 bits per heavy atom. The van der Waals surface area contributed by atoms with Crippen molar-refractivity contribution in [2.75, 3.05) is 7.11 Å². The topological polar surface area (TPSA) is 61.7 Å². The van der Waals surface area contributed by atoms with Crippen LogP contribution < -0.4 is 10.1 Å². The van der Waals surface area contributed by atoms with Crippen LogP contribution in [0.5, 0.6) is 17.2 Å². The summed E-state index contributed by atoms with van der Waals surface area (Å²) in [4.78, 5) is 0. The van der Waals surface area contributed by atoms with Crippen LogP contribution in [-0.2, 0) is 0 Å². The van der Waals surface area contributed by atoms with Gasteiger partial charge in [0.15, 0.2) is 0 Å². The van der Waals surface area contributed by atoms with Crippen LogP contribution in [0.25, 0.3) is 0 Å². The number of hydrogen-bond donors (Lipinski definition) is 3. The molecule has 0 aromatic heterocycles. The minimum atomic E-state index is -0.0493. The average molecular weight is 287 g/mol. The maximum Gasteiger partial charge on any atom is 0.124 e. The van der Waals surface area contributed by atoms with Gasteiger partial charge in [0.1, 0.15) is 17.2 Å². The van der Waals surface area contributed by atoms with Crippen molar-refractivity contribution >= 4 is 0 Å². The van der Waals surface area contributed by atoms with E-state index in [9.17, 15) is 10.2 Å². The standard InChI is InChI=1S/C17H21NO3/c1-11(13-5-4-6-15(9-13)21-3)18-12(2)16-8-7-14(19)10-17(16)20/h4-12,18-20H,1-3H3/t11-,12?/m1/s1. The van der Waals surface area contributed by atoms with E-state index in [1.807, 2.05) is 31.2 Å². The highest BCUT2D eigenvalue weighted by molar-refractivity contribution is 5.40. The van der Waals surface area contributed by atoms with Crippen molar-refractivity contribution < 1.29 is 14.9 Å². The van der Waals surface area contributed by atoms with E-state index in [-0.39, 0.29) is 23.6 Å².